The highest BCUT2D eigenvalue weighted by Gasteiger charge is 2.16. The van der Waals surface area contributed by atoms with E-state index >= 15 is 0 Å². The number of halogens is 2. The minimum Gasteiger partial charge on any atom is -0.497 e. The van der Waals surface area contributed by atoms with Crippen LogP contribution in [-0.4, -0.2) is 16.7 Å². The highest BCUT2D eigenvalue weighted by molar-refractivity contribution is 5.78. The van der Waals surface area contributed by atoms with Crippen molar-refractivity contribution in [3.8, 4) is 11.4 Å². The number of methoxy groups -OCH3 is 1. The number of aromatic amines is 1. The molecule has 3 rings (SSSR count). The van der Waals surface area contributed by atoms with E-state index in [2.05, 4.69) is 4.98 Å². The van der Waals surface area contributed by atoms with Crippen molar-refractivity contribution >= 4 is 11.0 Å². The predicted molar refractivity (Wildman–Crippen MR) is 70.4 cm³/mol. The minimum absolute atomic E-state index is 0.111. The smallest absolute Gasteiger partial charge is 0.331 e. The maximum Gasteiger partial charge on any atom is 0.331 e. The van der Waals surface area contributed by atoms with Gasteiger partial charge in [0.05, 0.1) is 18.3 Å². The third kappa shape index (κ3) is 1.77. The first kappa shape index (κ1) is 12.4. The average molecular weight is 276 g/mol. The van der Waals surface area contributed by atoms with Gasteiger partial charge in [-0.1, -0.05) is 0 Å². The number of rotatable bonds is 2. The van der Waals surface area contributed by atoms with Crippen LogP contribution in [0.3, 0.4) is 0 Å². The van der Waals surface area contributed by atoms with Crippen LogP contribution >= 0.6 is 0 Å². The van der Waals surface area contributed by atoms with Crippen molar-refractivity contribution < 1.29 is 13.5 Å². The standard InChI is InChI=1S/C14H10F2N2O2/c1-20-9-4-2-8(3-5-9)18-13-11(17-14(18)19)7-6-10(15)12(13)16/h2-7H,1H3,(H,17,19). The Morgan fingerprint density at radius 1 is 1.10 bits per heavy atom. The molecule has 20 heavy (non-hydrogen) atoms. The lowest BCUT2D eigenvalue weighted by Crippen LogP contribution is -2.15. The van der Waals surface area contributed by atoms with E-state index in [0.29, 0.717) is 11.4 Å². The van der Waals surface area contributed by atoms with Crippen LogP contribution in [0, 0.1) is 11.6 Å². The van der Waals surface area contributed by atoms with E-state index in [0.717, 1.165) is 10.6 Å². The zero-order valence-corrected chi connectivity index (χ0v) is 10.5. The Bertz CT molecular complexity index is 835. The van der Waals surface area contributed by atoms with Crippen molar-refractivity contribution in [3.05, 3.63) is 58.5 Å². The van der Waals surface area contributed by atoms with Gasteiger partial charge in [-0.15, -0.1) is 0 Å². The lowest BCUT2D eigenvalue weighted by atomic mass is 10.2. The molecule has 2 aromatic carbocycles. The Morgan fingerprint density at radius 2 is 1.80 bits per heavy atom. The summed E-state index contributed by atoms with van der Waals surface area (Å²) in [5, 5.41) is 0. The molecule has 0 amide bonds. The van der Waals surface area contributed by atoms with Gasteiger partial charge in [0.2, 0.25) is 0 Å². The summed E-state index contributed by atoms with van der Waals surface area (Å²) in [6.45, 7) is 0. The summed E-state index contributed by atoms with van der Waals surface area (Å²) in [7, 11) is 1.52. The number of hydrogen-bond acceptors (Lipinski definition) is 2. The molecule has 0 radical (unpaired) electrons. The molecule has 0 unspecified atom stereocenters. The molecule has 0 aliphatic rings. The van der Waals surface area contributed by atoms with E-state index in [9.17, 15) is 13.6 Å². The fourth-order valence-electron chi connectivity index (χ4n) is 2.11. The van der Waals surface area contributed by atoms with Gasteiger partial charge in [0, 0.05) is 0 Å². The molecule has 6 heteroatoms. The largest absolute Gasteiger partial charge is 0.497 e. The van der Waals surface area contributed by atoms with Crippen LogP contribution in [0.1, 0.15) is 0 Å². The van der Waals surface area contributed by atoms with Gasteiger partial charge >= 0.3 is 5.69 Å². The molecule has 0 aliphatic heterocycles. The van der Waals surface area contributed by atoms with Gasteiger partial charge in [-0.05, 0) is 36.4 Å². The molecule has 3 aromatic rings. The topological polar surface area (TPSA) is 47.0 Å². The van der Waals surface area contributed by atoms with Crippen molar-refractivity contribution in [2.75, 3.05) is 7.11 Å². The maximum atomic E-state index is 13.9. The molecular formula is C14H10F2N2O2. The van der Waals surface area contributed by atoms with Crippen molar-refractivity contribution in [1.29, 1.82) is 0 Å². The van der Waals surface area contributed by atoms with Crippen molar-refractivity contribution in [2.24, 2.45) is 0 Å². The van der Waals surface area contributed by atoms with Crippen molar-refractivity contribution in [2.45, 2.75) is 0 Å². The zero-order valence-electron chi connectivity index (χ0n) is 10.5. The first-order valence-electron chi connectivity index (χ1n) is 5.85. The maximum absolute atomic E-state index is 13.9. The van der Waals surface area contributed by atoms with Gasteiger partial charge in [0.25, 0.3) is 0 Å². The third-order valence-corrected chi connectivity index (χ3v) is 3.07. The molecule has 102 valence electrons. The first-order chi connectivity index (χ1) is 9.61. The van der Waals surface area contributed by atoms with Crippen LogP contribution in [0.2, 0.25) is 0 Å². The molecule has 0 aliphatic carbocycles. The van der Waals surface area contributed by atoms with Crippen LogP contribution in [0.4, 0.5) is 8.78 Å². The zero-order chi connectivity index (χ0) is 14.3. The summed E-state index contributed by atoms with van der Waals surface area (Å²) in [5.74, 6) is -1.45. The summed E-state index contributed by atoms with van der Waals surface area (Å²) in [4.78, 5) is 14.4. The lowest BCUT2D eigenvalue weighted by molar-refractivity contribution is 0.414. The minimum atomic E-state index is -1.06. The molecular weight excluding hydrogens is 266 g/mol. The van der Waals surface area contributed by atoms with E-state index < -0.39 is 17.3 Å². The summed E-state index contributed by atoms with van der Waals surface area (Å²) < 4.78 is 33.4. The van der Waals surface area contributed by atoms with Crippen molar-refractivity contribution in [1.82, 2.24) is 9.55 Å². The summed E-state index contributed by atoms with van der Waals surface area (Å²) in [6, 6.07) is 8.77. The summed E-state index contributed by atoms with van der Waals surface area (Å²) in [5.41, 5.74) is 0.0195. The number of nitrogens with zero attached hydrogens (tertiary/aromatic N) is 1. The van der Waals surface area contributed by atoms with E-state index in [1.807, 2.05) is 0 Å². The number of hydrogen-bond donors (Lipinski definition) is 1. The van der Waals surface area contributed by atoms with Gasteiger partial charge in [-0.2, -0.15) is 0 Å². The second-order valence-corrected chi connectivity index (χ2v) is 4.22. The van der Waals surface area contributed by atoms with Crippen LogP contribution < -0.4 is 10.4 Å². The number of fused-ring (bicyclic) bond motifs is 1. The van der Waals surface area contributed by atoms with Crippen LogP contribution in [-0.2, 0) is 0 Å². The molecule has 1 aromatic heterocycles. The van der Waals surface area contributed by atoms with Gasteiger partial charge in [-0.3, -0.25) is 4.57 Å². The number of imidazole rings is 1. The highest BCUT2D eigenvalue weighted by Crippen LogP contribution is 2.22. The van der Waals surface area contributed by atoms with E-state index in [-0.39, 0.29) is 11.0 Å². The fraction of sp³-hybridized carbons (Fsp3) is 0.0714. The molecule has 4 nitrogen and oxygen atoms in total. The SMILES string of the molecule is COc1ccc(-n2c(=O)[nH]c3ccc(F)c(F)c32)cc1. The number of nitrogens with one attached hydrogen (secondary N) is 1. The highest BCUT2D eigenvalue weighted by atomic mass is 19.2. The van der Waals surface area contributed by atoms with Gasteiger partial charge < -0.3 is 9.72 Å². The van der Waals surface area contributed by atoms with E-state index in [4.69, 9.17) is 4.74 Å². The molecule has 0 fully saturated rings. The monoisotopic (exact) mass is 276 g/mol. The van der Waals surface area contributed by atoms with Crippen LogP contribution in [0.25, 0.3) is 16.7 Å². The molecule has 0 atom stereocenters. The average Bonchev–Trinajstić information content (AvgIpc) is 2.80. The second-order valence-electron chi connectivity index (χ2n) is 4.22. The van der Waals surface area contributed by atoms with E-state index in [1.54, 1.807) is 24.3 Å². The molecule has 0 saturated heterocycles. The van der Waals surface area contributed by atoms with Crippen LogP contribution in [0.5, 0.6) is 5.75 Å². The Morgan fingerprint density at radius 3 is 2.45 bits per heavy atom. The Kier molecular flexibility index (Phi) is 2.78. The van der Waals surface area contributed by atoms with Crippen LogP contribution in [0.15, 0.2) is 41.2 Å². The van der Waals surface area contributed by atoms with Gasteiger partial charge in [0.15, 0.2) is 11.6 Å². The number of benzene rings is 2. The molecule has 0 saturated carbocycles. The predicted octanol–water partition coefficient (Wildman–Crippen LogP) is 2.61. The Hall–Kier alpha value is -2.63. The number of ether oxygens (including phenoxy) is 1. The van der Waals surface area contributed by atoms with Gasteiger partial charge in [0.1, 0.15) is 11.3 Å². The van der Waals surface area contributed by atoms with E-state index in [1.165, 1.54) is 13.2 Å². The van der Waals surface area contributed by atoms with Gasteiger partial charge in [-0.25, -0.2) is 13.6 Å². The molecule has 0 bridgehead atoms. The summed E-state index contributed by atoms with van der Waals surface area (Å²) in [6.07, 6.45) is 0. The molecule has 0 spiro atoms. The third-order valence-electron chi connectivity index (χ3n) is 3.07. The molecule has 1 heterocycles. The number of H-pyrrole nitrogens is 1. The first-order valence-corrected chi connectivity index (χ1v) is 5.85. The Balaban J connectivity index is 2.32. The second kappa shape index (κ2) is 4.48. The fourth-order valence-corrected chi connectivity index (χ4v) is 2.11. The van der Waals surface area contributed by atoms with Crippen molar-refractivity contribution in [3.63, 3.8) is 0 Å². The summed E-state index contributed by atoms with van der Waals surface area (Å²) >= 11 is 0. The lowest BCUT2D eigenvalue weighted by Gasteiger charge is -2.05. The quantitative estimate of drug-likeness (QED) is 0.782. The Labute approximate surface area is 112 Å². The normalized spacial score (nSPS) is 10.9. The molecule has 1 N–H and O–H groups in total. The number of aromatic nitrogens is 2.